The molecule has 39 heavy (non-hydrogen) atoms. The summed E-state index contributed by atoms with van der Waals surface area (Å²) in [5, 5.41) is 23.0. The van der Waals surface area contributed by atoms with E-state index in [0.717, 1.165) is 5.56 Å². The Morgan fingerprint density at radius 1 is 1.13 bits per heavy atom. The van der Waals surface area contributed by atoms with Crippen molar-refractivity contribution < 1.29 is 37.6 Å². The smallest absolute Gasteiger partial charge is 0.404 e. The van der Waals surface area contributed by atoms with Gasteiger partial charge in [-0.1, -0.05) is 44.2 Å². The number of nitrogens with zero attached hydrogens (tertiary/aromatic N) is 1. The molecule has 0 spiro atoms. The second kappa shape index (κ2) is 13.1. The summed E-state index contributed by atoms with van der Waals surface area (Å²) in [5.74, 6) is -0.206. The van der Waals surface area contributed by atoms with Crippen LogP contribution in [-0.2, 0) is 25.9 Å². The maximum Gasteiger partial charge on any atom is 0.404 e. The number of sulfonamides is 1. The van der Waals surface area contributed by atoms with Crippen molar-refractivity contribution in [2.45, 2.75) is 62.9 Å². The van der Waals surface area contributed by atoms with Gasteiger partial charge in [0, 0.05) is 19.5 Å². The molecule has 1 fully saturated rings. The second-order valence-electron chi connectivity index (χ2n) is 10.8. The summed E-state index contributed by atoms with van der Waals surface area (Å²) in [7, 11) is -2.57. The van der Waals surface area contributed by atoms with Crippen LogP contribution in [0.5, 0.6) is 5.75 Å². The number of hydrogen-bond acceptors (Lipinski definition) is 7. The van der Waals surface area contributed by atoms with E-state index in [0.29, 0.717) is 31.8 Å². The van der Waals surface area contributed by atoms with Crippen LogP contribution in [0, 0.1) is 5.41 Å². The second-order valence-corrected chi connectivity index (χ2v) is 12.7. The molecule has 0 bridgehead atoms. The highest BCUT2D eigenvalue weighted by Crippen LogP contribution is 2.33. The zero-order valence-corrected chi connectivity index (χ0v) is 23.8. The van der Waals surface area contributed by atoms with Crippen LogP contribution in [0.3, 0.4) is 0 Å². The van der Waals surface area contributed by atoms with E-state index in [1.165, 1.54) is 23.5 Å². The van der Waals surface area contributed by atoms with Crippen molar-refractivity contribution in [3.8, 4) is 5.75 Å². The highest BCUT2D eigenvalue weighted by atomic mass is 32.2. The highest BCUT2D eigenvalue weighted by molar-refractivity contribution is 7.89. The number of aliphatic hydroxyl groups excluding tert-OH is 1. The predicted octanol–water partition coefficient (Wildman–Crippen LogP) is 3.50. The van der Waals surface area contributed by atoms with E-state index >= 15 is 0 Å². The van der Waals surface area contributed by atoms with Gasteiger partial charge in [-0.25, -0.2) is 13.2 Å². The van der Waals surface area contributed by atoms with Gasteiger partial charge in [0.1, 0.15) is 5.75 Å². The third-order valence-corrected chi connectivity index (χ3v) is 8.74. The molecule has 2 aromatic rings. The molecule has 1 aliphatic rings. The summed E-state index contributed by atoms with van der Waals surface area (Å²) < 4.78 is 45.6. The van der Waals surface area contributed by atoms with Crippen molar-refractivity contribution in [1.29, 1.82) is 0 Å². The topological polar surface area (TPSA) is 135 Å². The molecule has 1 saturated heterocycles. The van der Waals surface area contributed by atoms with Crippen LogP contribution in [-0.4, -0.2) is 80.4 Å². The Balaban J connectivity index is 1.87. The minimum Gasteiger partial charge on any atom is -0.497 e. The van der Waals surface area contributed by atoms with Gasteiger partial charge in [-0.05, 0) is 55.0 Å². The Labute approximate surface area is 230 Å². The Bertz CT molecular complexity index is 1170. The molecule has 216 valence electrons. The van der Waals surface area contributed by atoms with Gasteiger partial charge in [-0.15, -0.1) is 0 Å². The van der Waals surface area contributed by atoms with E-state index in [4.69, 9.17) is 14.2 Å². The summed E-state index contributed by atoms with van der Waals surface area (Å²) in [5.41, 5.74) is 0.289. The first-order valence-corrected chi connectivity index (χ1v) is 14.4. The molecule has 0 unspecified atom stereocenters. The van der Waals surface area contributed by atoms with Crippen LogP contribution < -0.4 is 10.1 Å². The SMILES string of the molecule is COc1ccc(S(=O)(=O)N(C[C@@H](O)[C@H](Cc2ccccc2)NC(=O)O)CC(C)(C)CCC2(C)OCCO2)cc1. The predicted molar refractivity (Wildman–Crippen MR) is 146 cm³/mol. The van der Waals surface area contributed by atoms with Gasteiger partial charge in [0.05, 0.1) is 37.4 Å². The van der Waals surface area contributed by atoms with E-state index in [1.807, 2.05) is 51.1 Å². The minimum absolute atomic E-state index is 0.0477. The molecule has 11 heteroatoms. The van der Waals surface area contributed by atoms with Crippen LogP contribution in [0.4, 0.5) is 4.79 Å². The first kappa shape index (κ1) is 30.8. The molecule has 0 aliphatic carbocycles. The lowest BCUT2D eigenvalue weighted by atomic mass is 9.86. The summed E-state index contributed by atoms with van der Waals surface area (Å²) in [6.07, 6.45) is -1.26. The van der Waals surface area contributed by atoms with Crippen molar-refractivity contribution in [3.63, 3.8) is 0 Å². The van der Waals surface area contributed by atoms with Gasteiger partial charge < -0.3 is 29.7 Å². The minimum atomic E-state index is -4.06. The fourth-order valence-electron chi connectivity index (χ4n) is 4.61. The number of nitrogens with one attached hydrogen (secondary N) is 1. The lowest BCUT2D eigenvalue weighted by molar-refractivity contribution is -0.151. The average molecular weight is 565 g/mol. The van der Waals surface area contributed by atoms with Gasteiger partial charge in [0.25, 0.3) is 0 Å². The van der Waals surface area contributed by atoms with Crippen molar-refractivity contribution >= 4 is 16.1 Å². The molecule has 1 amide bonds. The fourth-order valence-corrected chi connectivity index (χ4v) is 6.26. The maximum atomic E-state index is 13.9. The molecule has 10 nitrogen and oxygen atoms in total. The molecule has 0 radical (unpaired) electrons. The number of rotatable bonds is 14. The first-order chi connectivity index (χ1) is 18.3. The third-order valence-electron chi connectivity index (χ3n) is 6.92. The average Bonchev–Trinajstić information content (AvgIpc) is 3.34. The zero-order valence-electron chi connectivity index (χ0n) is 23.0. The summed E-state index contributed by atoms with van der Waals surface area (Å²) >= 11 is 0. The number of carbonyl (C=O) groups is 1. The first-order valence-electron chi connectivity index (χ1n) is 13.0. The Morgan fingerprint density at radius 3 is 2.31 bits per heavy atom. The Kier molecular flexibility index (Phi) is 10.4. The molecule has 0 saturated carbocycles. The van der Waals surface area contributed by atoms with Crippen LogP contribution in [0.25, 0.3) is 0 Å². The molecule has 1 aliphatic heterocycles. The molecule has 2 aromatic carbocycles. The van der Waals surface area contributed by atoms with Gasteiger partial charge >= 0.3 is 6.09 Å². The van der Waals surface area contributed by atoms with Crippen LogP contribution >= 0.6 is 0 Å². The van der Waals surface area contributed by atoms with E-state index < -0.39 is 39.5 Å². The molecule has 3 rings (SSSR count). The van der Waals surface area contributed by atoms with E-state index in [-0.39, 0.29) is 24.4 Å². The lowest BCUT2D eigenvalue weighted by Crippen LogP contribution is -2.51. The number of methoxy groups -OCH3 is 1. The number of hydrogen-bond donors (Lipinski definition) is 3. The number of carboxylic acid groups (broad SMARTS) is 1. The Hall–Kier alpha value is -2.70. The molecule has 1 heterocycles. The van der Waals surface area contributed by atoms with Crippen molar-refractivity contribution in [3.05, 3.63) is 60.2 Å². The number of aliphatic hydroxyl groups is 1. The Morgan fingerprint density at radius 2 is 1.74 bits per heavy atom. The van der Waals surface area contributed by atoms with Crippen molar-refractivity contribution in [2.75, 3.05) is 33.4 Å². The normalized spacial score (nSPS) is 17.1. The summed E-state index contributed by atoms with van der Waals surface area (Å²) in [4.78, 5) is 11.6. The van der Waals surface area contributed by atoms with Gasteiger partial charge in [-0.2, -0.15) is 4.31 Å². The quantitative estimate of drug-likeness (QED) is 0.317. The standard InChI is InChI=1S/C28H40N2O8S/c1-27(2,14-15-28(3)37-16-17-38-28)20-30(39(34,35)23-12-10-22(36-4)11-13-23)19-25(31)24(29-26(32)33)18-21-8-6-5-7-9-21/h5-13,24-25,29,31H,14-20H2,1-4H3,(H,32,33)/t24-,25+/m0/s1. The molecular formula is C28H40N2O8S. The number of ether oxygens (including phenoxy) is 3. The summed E-state index contributed by atoms with van der Waals surface area (Å²) in [6.45, 7) is 6.58. The number of benzene rings is 2. The molecule has 3 N–H and O–H groups in total. The third kappa shape index (κ3) is 8.91. The van der Waals surface area contributed by atoms with E-state index in [9.17, 15) is 23.4 Å². The molecule has 0 aromatic heterocycles. The van der Waals surface area contributed by atoms with Crippen molar-refractivity contribution in [1.82, 2.24) is 9.62 Å². The lowest BCUT2D eigenvalue weighted by Gasteiger charge is -2.36. The van der Waals surface area contributed by atoms with Crippen LogP contribution in [0.15, 0.2) is 59.5 Å². The molecule has 2 atom stereocenters. The van der Waals surface area contributed by atoms with Crippen LogP contribution in [0.1, 0.15) is 39.2 Å². The van der Waals surface area contributed by atoms with E-state index in [2.05, 4.69) is 5.32 Å². The zero-order chi connectivity index (χ0) is 28.7. The molecular weight excluding hydrogens is 524 g/mol. The van der Waals surface area contributed by atoms with Gasteiger partial charge in [0.2, 0.25) is 10.0 Å². The maximum absolute atomic E-state index is 13.9. The number of amides is 1. The fraction of sp³-hybridized carbons (Fsp3) is 0.536. The largest absolute Gasteiger partial charge is 0.497 e. The summed E-state index contributed by atoms with van der Waals surface area (Å²) in [6, 6.07) is 14.2. The monoisotopic (exact) mass is 564 g/mol. The van der Waals surface area contributed by atoms with Gasteiger partial charge in [0.15, 0.2) is 5.79 Å². The van der Waals surface area contributed by atoms with Crippen molar-refractivity contribution in [2.24, 2.45) is 5.41 Å². The van der Waals surface area contributed by atoms with E-state index in [1.54, 1.807) is 12.1 Å². The van der Waals surface area contributed by atoms with Gasteiger partial charge in [-0.3, -0.25) is 0 Å². The highest BCUT2D eigenvalue weighted by Gasteiger charge is 2.37. The van der Waals surface area contributed by atoms with Crippen LogP contribution in [0.2, 0.25) is 0 Å².